The molecule has 0 bridgehead atoms. The molecule has 118 valence electrons. The van der Waals surface area contributed by atoms with Crippen LogP contribution in [-0.2, 0) is 11.2 Å². The predicted molar refractivity (Wildman–Crippen MR) is 88.7 cm³/mol. The summed E-state index contributed by atoms with van der Waals surface area (Å²) in [7, 11) is 0. The van der Waals surface area contributed by atoms with Gasteiger partial charge < -0.3 is 10.4 Å². The maximum atomic E-state index is 12.4. The minimum atomic E-state index is -1.39. The Morgan fingerprint density at radius 1 is 1.41 bits per heavy atom. The van der Waals surface area contributed by atoms with E-state index in [1.807, 2.05) is 42.6 Å². The normalized spacial score (nSPS) is 15.0. The second kappa shape index (κ2) is 7.51. The van der Waals surface area contributed by atoms with E-state index in [1.165, 1.54) is 11.3 Å². The number of benzene rings is 1. The second-order valence-corrected chi connectivity index (χ2v) is 6.49. The Bertz CT molecular complexity index is 582. The lowest BCUT2D eigenvalue weighted by Gasteiger charge is -2.25. The molecule has 2 N–H and O–H groups in total. The lowest BCUT2D eigenvalue weighted by molar-refractivity contribution is -0.139. The Hall–Kier alpha value is -1.72. The summed E-state index contributed by atoms with van der Waals surface area (Å²) in [5.74, 6) is -0.342. The van der Waals surface area contributed by atoms with Gasteiger partial charge in [0.15, 0.2) is 0 Å². The molecule has 5 heteroatoms. The van der Waals surface area contributed by atoms with E-state index in [1.54, 1.807) is 13.1 Å². The minimum Gasteiger partial charge on any atom is -0.380 e. The van der Waals surface area contributed by atoms with Crippen LogP contribution in [0.4, 0.5) is 0 Å². The standard InChI is InChI=1S/C17H22N2O2S/c1-3-14(15-18-11-12-22-15)19-16(20)17(2,21)10-9-13-7-5-4-6-8-13/h4-8,11-12,14,21H,3,9-10H2,1-2H3,(H,19,20)/t14-,17-/m1/s1. The third-order valence-corrected chi connectivity index (χ3v) is 4.58. The molecule has 0 saturated carbocycles. The summed E-state index contributed by atoms with van der Waals surface area (Å²) in [5.41, 5.74) is -0.275. The number of rotatable bonds is 7. The molecule has 4 nitrogen and oxygen atoms in total. The van der Waals surface area contributed by atoms with E-state index in [0.717, 1.165) is 17.0 Å². The number of amides is 1. The lowest BCUT2D eigenvalue weighted by atomic mass is 9.95. The third-order valence-electron chi connectivity index (χ3n) is 3.70. The average molecular weight is 318 g/mol. The topological polar surface area (TPSA) is 62.2 Å². The van der Waals surface area contributed by atoms with Crippen molar-refractivity contribution < 1.29 is 9.90 Å². The first-order valence-corrected chi connectivity index (χ1v) is 8.37. The summed E-state index contributed by atoms with van der Waals surface area (Å²) >= 11 is 1.51. The zero-order valence-electron chi connectivity index (χ0n) is 13.0. The molecule has 2 rings (SSSR count). The quantitative estimate of drug-likeness (QED) is 0.824. The molecule has 2 aromatic rings. The Labute approximate surface area is 135 Å². The van der Waals surface area contributed by atoms with Crippen molar-refractivity contribution in [1.29, 1.82) is 0 Å². The molecule has 0 spiro atoms. The van der Waals surface area contributed by atoms with E-state index in [9.17, 15) is 9.90 Å². The van der Waals surface area contributed by atoms with Crippen LogP contribution in [0.2, 0.25) is 0 Å². The first kappa shape index (κ1) is 16.6. The number of thiazole rings is 1. The van der Waals surface area contributed by atoms with Gasteiger partial charge in [0.25, 0.3) is 5.91 Å². The lowest BCUT2D eigenvalue weighted by Crippen LogP contribution is -2.46. The molecule has 0 fully saturated rings. The maximum Gasteiger partial charge on any atom is 0.252 e. The number of aryl methyl sites for hydroxylation is 1. The van der Waals surface area contributed by atoms with Crippen LogP contribution in [-0.4, -0.2) is 21.6 Å². The van der Waals surface area contributed by atoms with E-state index in [4.69, 9.17) is 0 Å². The molecule has 0 unspecified atom stereocenters. The van der Waals surface area contributed by atoms with Crippen molar-refractivity contribution in [1.82, 2.24) is 10.3 Å². The number of carbonyl (C=O) groups is 1. The van der Waals surface area contributed by atoms with Gasteiger partial charge in [-0.05, 0) is 31.7 Å². The zero-order valence-corrected chi connectivity index (χ0v) is 13.8. The SMILES string of the molecule is CC[C@@H](NC(=O)[C@](C)(O)CCc1ccccc1)c1nccs1. The van der Waals surface area contributed by atoms with Gasteiger partial charge in [0.2, 0.25) is 0 Å². The number of aliphatic hydroxyl groups is 1. The fourth-order valence-electron chi connectivity index (χ4n) is 2.20. The predicted octanol–water partition coefficient (Wildman–Crippen LogP) is 3.09. The van der Waals surface area contributed by atoms with Crippen LogP contribution in [0.15, 0.2) is 41.9 Å². The molecule has 0 saturated heterocycles. The Balaban J connectivity index is 1.94. The molecule has 2 atom stereocenters. The molecule has 1 amide bonds. The van der Waals surface area contributed by atoms with Crippen molar-refractivity contribution >= 4 is 17.2 Å². The van der Waals surface area contributed by atoms with Gasteiger partial charge in [0.05, 0.1) is 6.04 Å². The van der Waals surface area contributed by atoms with Crippen molar-refractivity contribution in [3.63, 3.8) is 0 Å². The maximum absolute atomic E-state index is 12.4. The van der Waals surface area contributed by atoms with Gasteiger partial charge in [-0.25, -0.2) is 4.98 Å². The van der Waals surface area contributed by atoms with Crippen LogP contribution >= 0.6 is 11.3 Å². The Morgan fingerprint density at radius 2 is 2.14 bits per heavy atom. The monoisotopic (exact) mass is 318 g/mol. The number of hydrogen-bond acceptors (Lipinski definition) is 4. The molecular weight excluding hydrogens is 296 g/mol. The van der Waals surface area contributed by atoms with E-state index < -0.39 is 5.60 Å². The highest BCUT2D eigenvalue weighted by atomic mass is 32.1. The summed E-state index contributed by atoms with van der Waals surface area (Å²) in [6, 6.07) is 9.72. The van der Waals surface area contributed by atoms with Crippen LogP contribution in [0.5, 0.6) is 0 Å². The van der Waals surface area contributed by atoms with Crippen molar-refractivity contribution in [3.05, 3.63) is 52.5 Å². The van der Waals surface area contributed by atoms with E-state index in [-0.39, 0.29) is 11.9 Å². The highest BCUT2D eigenvalue weighted by Gasteiger charge is 2.31. The van der Waals surface area contributed by atoms with Crippen LogP contribution in [0.25, 0.3) is 0 Å². The number of nitrogens with one attached hydrogen (secondary N) is 1. The average Bonchev–Trinajstić information content (AvgIpc) is 3.05. The Morgan fingerprint density at radius 3 is 2.73 bits per heavy atom. The van der Waals surface area contributed by atoms with Gasteiger partial charge in [-0.15, -0.1) is 11.3 Å². The highest BCUT2D eigenvalue weighted by molar-refractivity contribution is 7.09. The van der Waals surface area contributed by atoms with Crippen LogP contribution in [0, 0.1) is 0 Å². The van der Waals surface area contributed by atoms with Gasteiger partial charge in [-0.1, -0.05) is 37.3 Å². The highest BCUT2D eigenvalue weighted by Crippen LogP contribution is 2.21. The summed E-state index contributed by atoms with van der Waals surface area (Å²) in [6.07, 6.45) is 3.52. The number of aromatic nitrogens is 1. The smallest absolute Gasteiger partial charge is 0.252 e. The fraction of sp³-hybridized carbons (Fsp3) is 0.412. The third kappa shape index (κ3) is 4.39. The van der Waals surface area contributed by atoms with Gasteiger partial charge in [-0.2, -0.15) is 0 Å². The first-order chi connectivity index (χ1) is 10.5. The molecule has 0 radical (unpaired) electrons. The summed E-state index contributed by atoms with van der Waals surface area (Å²) in [5, 5.41) is 16.1. The van der Waals surface area contributed by atoms with Crippen LogP contribution in [0.1, 0.15) is 43.3 Å². The zero-order chi connectivity index (χ0) is 16.0. The molecule has 0 aliphatic heterocycles. The molecular formula is C17H22N2O2S. The fourth-order valence-corrected chi connectivity index (χ4v) is 2.98. The molecule has 1 aromatic heterocycles. The van der Waals surface area contributed by atoms with Crippen LogP contribution < -0.4 is 5.32 Å². The van der Waals surface area contributed by atoms with E-state index >= 15 is 0 Å². The molecule has 0 aliphatic rings. The summed E-state index contributed by atoms with van der Waals surface area (Å²) in [4.78, 5) is 16.6. The summed E-state index contributed by atoms with van der Waals surface area (Å²) in [6.45, 7) is 3.56. The largest absolute Gasteiger partial charge is 0.380 e. The van der Waals surface area contributed by atoms with Gasteiger partial charge in [-0.3, -0.25) is 4.79 Å². The number of hydrogen-bond donors (Lipinski definition) is 2. The van der Waals surface area contributed by atoms with Crippen LogP contribution in [0.3, 0.4) is 0 Å². The van der Waals surface area contributed by atoms with Gasteiger partial charge in [0, 0.05) is 11.6 Å². The number of nitrogens with zero attached hydrogens (tertiary/aromatic N) is 1. The van der Waals surface area contributed by atoms with Crippen molar-refractivity contribution in [2.45, 2.75) is 44.8 Å². The molecule has 1 aromatic carbocycles. The van der Waals surface area contributed by atoms with Crippen molar-refractivity contribution in [2.75, 3.05) is 0 Å². The summed E-state index contributed by atoms with van der Waals surface area (Å²) < 4.78 is 0. The molecule has 1 heterocycles. The van der Waals surface area contributed by atoms with Gasteiger partial charge >= 0.3 is 0 Å². The number of carbonyl (C=O) groups excluding carboxylic acids is 1. The van der Waals surface area contributed by atoms with E-state index in [2.05, 4.69) is 10.3 Å². The van der Waals surface area contributed by atoms with Crippen molar-refractivity contribution in [3.8, 4) is 0 Å². The first-order valence-electron chi connectivity index (χ1n) is 7.49. The molecule has 0 aliphatic carbocycles. The molecule has 22 heavy (non-hydrogen) atoms. The van der Waals surface area contributed by atoms with Gasteiger partial charge in [0.1, 0.15) is 10.6 Å². The van der Waals surface area contributed by atoms with Crippen molar-refractivity contribution in [2.24, 2.45) is 0 Å². The van der Waals surface area contributed by atoms with E-state index in [0.29, 0.717) is 12.8 Å². The second-order valence-electron chi connectivity index (χ2n) is 5.56. The Kier molecular flexibility index (Phi) is 5.69. The minimum absolute atomic E-state index is 0.143.